The Morgan fingerprint density at radius 1 is 1.55 bits per heavy atom. The molecule has 0 aliphatic heterocycles. The van der Waals surface area contributed by atoms with Crippen molar-refractivity contribution in [3.63, 3.8) is 0 Å². The van der Waals surface area contributed by atoms with Crippen LogP contribution in [0.2, 0.25) is 0 Å². The van der Waals surface area contributed by atoms with Gasteiger partial charge in [0.2, 0.25) is 0 Å². The van der Waals surface area contributed by atoms with E-state index in [2.05, 4.69) is 0 Å². The summed E-state index contributed by atoms with van der Waals surface area (Å²) < 4.78 is 12.7. The minimum atomic E-state index is -0.479. The van der Waals surface area contributed by atoms with Gasteiger partial charge in [-0.25, -0.2) is 4.39 Å². The third kappa shape index (κ3) is 1.37. The summed E-state index contributed by atoms with van der Waals surface area (Å²) in [5, 5.41) is 0. The van der Waals surface area contributed by atoms with Gasteiger partial charge in [0.1, 0.15) is 12.1 Å². The standard InChI is InChI=1S/C8H8FNO/c1-5-2-7(9)8(10)3-6(5)4-11/h2-4H,10H2,1H3. The molecule has 1 aromatic carbocycles. The molecule has 3 heteroatoms. The molecule has 0 spiro atoms. The third-order valence-electron chi connectivity index (χ3n) is 1.51. The molecule has 0 unspecified atom stereocenters. The molecule has 1 rings (SSSR count). The van der Waals surface area contributed by atoms with Crippen LogP contribution in [0.5, 0.6) is 0 Å². The summed E-state index contributed by atoms with van der Waals surface area (Å²) in [5.74, 6) is -0.479. The van der Waals surface area contributed by atoms with E-state index in [0.717, 1.165) is 0 Å². The summed E-state index contributed by atoms with van der Waals surface area (Å²) >= 11 is 0. The lowest BCUT2D eigenvalue weighted by atomic mass is 10.1. The van der Waals surface area contributed by atoms with E-state index in [1.54, 1.807) is 6.92 Å². The zero-order chi connectivity index (χ0) is 8.43. The van der Waals surface area contributed by atoms with Crippen molar-refractivity contribution in [2.24, 2.45) is 0 Å². The van der Waals surface area contributed by atoms with Crippen LogP contribution in [0.3, 0.4) is 0 Å². The number of nitrogen functional groups attached to an aromatic ring is 1. The van der Waals surface area contributed by atoms with Crippen molar-refractivity contribution >= 4 is 12.0 Å². The topological polar surface area (TPSA) is 43.1 Å². The molecule has 0 aromatic heterocycles. The Morgan fingerprint density at radius 3 is 2.73 bits per heavy atom. The van der Waals surface area contributed by atoms with Crippen LogP contribution >= 0.6 is 0 Å². The smallest absolute Gasteiger partial charge is 0.150 e. The average molecular weight is 153 g/mol. The van der Waals surface area contributed by atoms with Crippen LogP contribution in [-0.2, 0) is 0 Å². The Hall–Kier alpha value is -1.38. The molecular weight excluding hydrogens is 145 g/mol. The van der Waals surface area contributed by atoms with E-state index in [4.69, 9.17) is 5.73 Å². The fourth-order valence-electron chi connectivity index (χ4n) is 0.834. The molecule has 0 saturated heterocycles. The van der Waals surface area contributed by atoms with Crippen molar-refractivity contribution in [3.05, 3.63) is 29.1 Å². The second-order valence-electron chi connectivity index (χ2n) is 2.35. The zero-order valence-electron chi connectivity index (χ0n) is 6.10. The van der Waals surface area contributed by atoms with Crippen LogP contribution in [0.15, 0.2) is 12.1 Å². The van der Waals surface area contributed by atoms with Crippen LogP contribution in [-0.4, -0.2) is 6.29 Å². The Balaban J connectivity index is 3.31. The minimum Gasteiger partial charge on any atom is -0.396 e. The van der Waals surface area contributed by atoms with Gasteiger partial charge >= 0.3 is 0 Å². The molecule has 2 N–H and O–H groups in total. The van der Waals surface area contributed by atoms with Gasteiger partial charge in [-0.2, -0.15) is 0 Å². The van der Waals surface area contributed by atoms with Crippen molar-refractivity contribution in [1.29, 1.82) is 0 Å². The molecule has 0 saturated carbocycles. The lowest BCUT2D eigenvalue weighted by Crippen LogP contribution is -1.95. The maximum Gasteiger partial charge on any atom is 0.150 e. The van der Waals surface area contributed by atoms with E-state index in [0.29, 0.717) is 17.4 Å². The first-order valence-electron chi connectivity index (χ1n) is 3.16. The summed E-state index contributed by atoms with van der Waals surface area (Å²) in [7, 11) is 0. The van der Waals surface area contributed by atoms with Gasteiger partial charge in [-0.3, -0.25) is 4.79 Å². The number of anilines is 1. The highest BCUT2D eigenvalue weighted by molar-refractivity contribution is 5.79. The maximum absolute atomic E-state index is 12.7. The molecule has 11 heavy (non-hydrogen) atoms. The number of carbonyl (C=O) groups is 1. The second kappa shape index (κ2) is 2.70. The first kappa shape index (κ1) is 7.72. The largest absolute Gasteiger partial charge is 0.396 e. The number of aryl methyl sites for hydroxylation is 1. The van der Waals surface area contributed by atoms with Crippen LogP contribution in [0.4, 0.5) is 10.1 Å². The number of hydrogen-bond acceptors (Lipinski definition) is 2. The molecule has 0 heterocycles. The molecule has 2 nitrogen and oxygen atoms in total. The van der Waals surface area contributed by atoms with Crippen molar-refractivity contribution in [1.82, 2.24) is 0 Å². The van der Waals surface area contributed by atoms with E-state index in [-0.39, 0.29) is 5.69 Å². The Kier molecular flexibility index (Phi) is 1.89. The predicted octanol–water partition coefficient (Wildman–Crippen LogP) is 1.53. The molecule has 0 bridgehead atoms. The normalized spacial score (nSPS) is 9.64. The molecule has 0 radical (unpaired) electrons. The van der Waals surface area contributed by atoms with Gasteiger partial charge in [-0.15, -0.1) is 0 Å². The van der Waals surface area contributed by atoms with Gasteiger partial charge in [-0.05, 0) is 24.6 Å². The summed E-state index contributed by atoms with van der Waals surface area (Å²) in [4.78, 5) is 10.3. The Morgan fingerprint density at radius 2 is 2.18 bits per heavy atom. The van der Waals surface area contributed by atoms with Gasteiger partial charge in [0.25, 0.3) is 0 Å². The van der Waals surface area contributed by atoms with Crippen LogP contribution in [0.1, 0.15) is 15.9 Å². The summed E-state index contributed by atoms with van der Waals surface area (Å²) in [6.07, 6.45) is 0.658. The average Bonchev–Trinajstić information content (AvgIpc) is 1.97. The summed E-state index contributed by atoms with van der Waals surface area (Å²) in [6.45, 7) is 1.66. The van der Waals surface area contributed by atoms with Crippen LogP contribution in [0, 0.1) is 12.7 Å². The number of rotatable bonds is 1. The van der Waals surface area contributed by atoms with Gasteiger partial charge in [0.05, 0.1) is 5.69 Å². The molecule has 1 aromatic rings. The SMILES string of the molecule is Cc1cc(F)c(N)cc1C=O. The molecule has 0 atom stereocenters. The quantitative estimate of drug-likeness (QED) is 0.491. The molecular formula is C8H8FNO. The lowest BCUT2D eigenvalue weighted by Gasteiger charge is -2.00. The van der Waals surface area contributed by atoms with Gasteiger partial charge in [0, 0.05) is 5.56 Å². The fourth-order valence-corrected chi connectivity index (χ4v) is 0.834. The number of hydrogen-bond donors (Lipinski definition) is 1. The summed E-state index contributed by atoms with van der Waals surface area (Å²) in [6, 6.07) is 2.58. The summed E-state index contributed by atoms with van der Waals surface area (Å²) in [5.41, 5.74) is 6.28. The highest BCUT2D eigenvalue weighted by Crippen LogP contribution is 2.14. The van der Waals surface area contributed by atoms with Crippen LogP contribution < -0.4 is 5.73 Å². The Labute approximate surface area is 63.8 Å². The van der Waals surface area contributed by atoms with E-state index >= 15 is 0 Å². The Bertz CT molecular complexity index is 296. The molecule has 0 aliphatic carbocycles. The van der Waals surface area contributed by atoms with Gasteiger partial charge in [0.15, 0.2) is 0 Å². The number of benzene rings is 1. The van der Waals surface area contributed by atoms with Gasteiger partial charge in [-0.1, -0.05) is 0 Å². The first-order chi connectivity index (χ1) is 5.15. The number of aldehydes is 1. The highest BCUT2D eigenvalue weighted by Gasteiger charge is 2.02. The van der Waals surface area contributed by atoms with Gasteiger partial charge < -0.3 is 5.73 Å². The second-order valence-corrected chi connectivity index (χ2v) is 2.35. The molecule has 58 valence electrons. The van der Waals surface area contributed by atoms with Crippen molar-refractivity contribution < 1.29 is 9.18 Å². The minimum absolute atomic E-state index is 0.0118. The van der Waals surface area contributed by atoms with Crippen molar-refractivity contribution in [3.8, 4) is 0 Å². The van der Waals surface area contributed by atoms with E-state index in [1.807, 2.05) is 0 Å². The number of halogens is 1. The van der Waals surface area contributed by atoms with Crippen molar-refractivity contribution in [2.45, 2.75) is 6.92 Å². The monoisotopic (exact) mass is 153 g/mol. The van der Waals surface area contributed by atoms with E-state index in [9.17, 15) is 9.18 Å². The van der Waals surface area contributed by atoms with E-state index in [1.165, 1.54) is 12.1 Å². The van der Waals surface area contributed by atoms with E-state index < -0.39 is 5.82 Å². The highest BCUT2D eigenvalue weighted by atomic mass is 19.1. The lowest BCUT2D eigenvalue weighted by molar-refractivity contribution is 0.112. The molecule has 0 aliphatic rings. The number of carbonyl (C=O) groups excluding carboxylic acids is 1. The first-order valence-corrected chi connectivity index (χ1v) is 3.16. The maximum atomic E-state index is 12.7. The van der Waals surface area contributed by atoms with Crippen LogP contribution in [0.25, 0.3) is 0 Å². The third-order valence-corrected chi connectivity index (χ3v) is 1.51. The predicted molar refractivity (Wildman–Crippen MR) is 40.9 cm³/mol. The van der Waals surface area contributed by atoms with Crippen molar-refractivity contribution in [2.75, 3.05) is 5.73 Å². The zero-order valence-corrected chi connectivity index (χ0v) is 6.10. The number of nitrogens with two attached hydrogens (primary N) is 1. The fraction of sp³-hybridized carbons (Fsp3) is 0.125. The molecule has 0 amide bonds. The molecule has 0 fully saturated rings.